The van der Waals surface area contributed by atoms with Gasteiger partial charge in [-0.15, -0.1) is 0 Å². The van der Waals surface area contributed by atoms with Gasteiger partial charge in [-0.25, -0.2) is 0 Å². The second-order valence-corrected chi connectivity index (χ2v) is 5.81. The van der Waals surface area contributed by atoms with Gasteiger partial charge in [0.25, 0.3) is 0 Å². The first-order chi connectivity index (χ1) is 8.00. The van der Waals surface area contributed by atoms with E-state index in [1.54, 1.807) is 0 Å². The molecule has 0 aromatic heterocycles. The third-order valence-electron chi connectivity index (χ3n) is 4.26. The molecule has 1 aromatic carbocycles. The van der Waals surface area contributed by atoms with Crippen LogP contribution in [0.15, 0.2) is 18.2 Å². The molecule has 17 heavy (non-hydrogen) atoms. The van der Waals surface area contributed by atoms with E-state index in [9.17, 15) is 0 Å². The molecule has 2 rings (SSSR count). The smallest absolute Gasteiger partial charge is 0.0367 e. The van der Waals surface area contributed by atoms with Crippen LogP contribution in [0.4, 0.5) is 0 Å². The molecule has 94 valence electrons. The third-order valence-corrected chi connectivity index (χ3v) is 4.26. The summed E-state index contributed by atoms with van der Waals surface area (Å²) in [7, 11) is 0. The quantitative estimate of drug-likeness (QED) is 0.838. The Bertz CT molecular complexity index is 405. The van der Waals surface area contributed by atoms with Gasteiger partial charge in [0.15, 0.2) is 0 Å². The fraction of sp³-hybridized carbons (Fsp3) is 0.600. The Balaban J connectivity index is 2.34. The summed E-state index contributed by atoms with van der Waals surface area (Å²) in [4.78, 5) is 0. The minimum Gasteiger partial charge on any atom is -0.330 e. The molecule has 4 N–H and O–H groups in total. The Morgan fingerprint density at radius 1 is 1.29 bits per heavy atom. The van der Waals surface area contributed by atoms with Gasteiger partial charge in [0.1, 0.15) is 0 Å². The Labute approximate surface area is 104 Å². The summed E-state index contributed by atoms with van der Waals surface area (Å²) < 4.78 is 0. The Kier molecular flexibility index (Phi) is 3.28. The van der Waals surface area contributed by atoms with Gasteiger partial charge in [-0.2, -0.15) is 0 Å². The van der Waals surface area contributed by atoms with E-state index in [2.05, 4.69) is 39.0 Å². The van der Waals surface area contributed by atoms with Crippen molar-refractivity contribution in [2.45, 2.75) is 45.6 Å². The number of hydrogen-bond donors (Lipinski definition) is 2. The molecular formula is C15H24N2. The topological polar surface area (TPSA) is 52.0 Å². The monoisotopic (exact) mass is 232 g/mol. The summed E-state index contributed by atoms with van der Waals surface area (Å²) in [5, 5.41) is 0. The van der Waals surface area contributed by atoms with Crippen molar-refractivity contribution < 1.29 is 0 Å². The lowest BCUT2D eigenvalue weighted by Crippen LogP contribution is -2.30. The van der Waals surface area contributed by atoms with Gasteiger partial charge in [0.2, 0.25) is 0 Å². The van der Waals surface area contributed by atoms with E-state index in [0.717, 1.165) is 0 Å². The van der Waals surface area contributed by atoms with Crippen LogP contribution in [-0.4, -0.2) is 6.54 Å². The molecule has 2 nitrogen and oxygen atoms in total. The van der Waals surface area contributed by atoms with Crippen LogP contribution >= 0.6 is 0 Å². The van der Waals surface area contributed by atoms with Crippen LogP contribution in [0.5, 0.6) is 0 Å². The molecule has 0 radical (unpaired) electrons. The lowest BCUT2D eigenvalue weighted by molar-refractivity contribution is 0.417. The molecule has 1 aromatic rings. The zero-order valence-corrected chi connectivity index (χ0v) is 11.2. The maximum Gasteiger partial charge on any atom is 0.0367 e. The van der Waals surface area contributed by atoms with Crippen LogP contribution in [0, 0.1) is 12.3 Å². The summed E-state index contributed by atoms with van der Waals surface area (Å²) in [6.07, 6.45) is 2.35. The minimum absolute atomic E-state index is 0.103. The van der Waals surface area contributed by atoms with Crippen LogP contribution in [-0.2, 0) is 0 Å². The molecule has 1 aliphatic rings. The van der Waals surface area contributed by atoms with Crippen LogP contribution in [0.3, 0.4) is 0 Å². The summed E-state index contributed by atoms with van der Waals surface area (Å²) in [6.45, 7) is 7.29. The summed E-state index contributed by atoms with van der Waals surface area (Å²) in [6, 6.07) is 6.78. The fourth-order valence-corrected chi connectivity index (χ4v) is 2.49. The highest BCUT2D eigenvalue weighted by atomic mass is 14.8. The second-order valence-electron chi connectivity index (χ2n) is 5.81. The average Bonchev–Trinajstić information content (AvgIpc) is 3.09. The van der Waals surface area contributed by atoms with Crippen LogP contribution in [0.2, 0.25) is 0 Å². The first kappa shape index (κ1) is 12.6. The van der Waals surface area contributed by atoms with Gasteiger partial charge in [-0.05, 0) is 48.9 Å². The van der Waals surface area contributed by atoms with Gasteiger partial charge in [-0.3, -0.25) is 0 Å². The Hall–Kier alpha value is -0.860. The Morgan fingerprint density at radius 3 is 2.41 bits per heavy atom. The molecule has 0 bridgehead atoms. The molecule has 0 aliphatic heterocycles. The number of benzene rings is 1. The molecule has 1 saturated carbocycles. The Morgan fingerprint density at radius 2 is 1.94 bits per heavy atom. The lowest BCUT2D eigenvalue weighted by Gasteiger charge is -2.24. The van der Waals surface area contributed by atoms with Crippen molar-refractivity contribution in [3.8, 4) is 0 Å². The van der Waals surface area contributed by atoms with Gasteiger partial charge in [0, 0.05) is 11.5 Å². The van der Waals surface area contributed by atoms with Crippen molar-refractivity contribution >= 4 is 0 Å². The van der Waals surface area contributed by atoms with Crippen LogP contribution in [0.1, 0.15) is 55.3 Å². The van der Waals surface area contributed by atoms with Gasteiger partial charge < -0.3 is 11.5 Å². The van der Waals surface area contributed by atoms with Crippen molar-refractivity contribution in [3.63, 3.8) is 0 Å². The maximum absolute atomic E-state index is 6.44. The molecule has 1 unspecified atom stereocenters. The van der Waals surface area contributed by atoms with E-state index < -0.39 is 0 Å². The average molecular weight is 232 g/mol. The van der Waals surface area contributed by atoms with Gasteiger partial charge in [0.05, 0.1) is 0 Å². The third kappa shape index (κ3) is 2.24. The summed E-state index contributed by atoms with van der Waals surface area (Å²) >= 11 is 0. The first-order valence-electron chi connectivity index (χ1n) is 6.56. The van der Waals surface area contributed by atoms with Crippen molar-refractivity contribution in [1.82, 2.24) is 0 Å². The standard InChI is InChI=1S/C15H24N2/c1-10(2)12-5-4-11(3)13(8-12)14(17)15(9-16)6-7-15/h4-5,8,10,14H,6-7,9,16-17H2,1-3H3. The number of rotatable bonds is 4. The lowest BCUT2D eigenvalue weighted by atomic mass is 9.86. The molecule has 0 heterocycles. The molecule has 1 fully saturated rings. The van der Waals surface area contributed by atoms with E-state index in [0.29, 0.717) is 12.5 Å². The molecule has 2 heteroatoms. The molecule has 0 amide bonds. The van der Waals surface area contributed by atoms with E-state index in [1.165, 1.54) is 29.5 Å². The number of aryl methyl sites for hydroxylation is 1. The van der Waals surface area contributed by atoms with Crippen molar-refractivity contribution in [2.24, 2.45) is 16.9 Å². The summed E-state index contributed by atoms with van der Waals surface area (Å²) in [5.74, 6) is 0.551. The SMILES string of the molecule is Cc1ccc(C(C)C)cc1C(N)C1(CN)CC1. The number of nitrogens with two attached hydrogens (primary N) is 2. The van der Waals surface area contributed by atoms with Gasteiger partial charge >= 0.3 is 0 Å². The normalized spacial score (nSPS) is 19.4. The highest BCUT2D eigenvalue weighted by Crippen LogP contribution is 2.53. The molecule has 0 saturated heterocycles. The summed E-state index contributed by atoms with van der Waals surface area (Å²) in [5.41, 5.74) is 16.4. The highest BCUT2D eigenvalue weighted by molar-refractivity contribution is 5.36. The van der Waals surface area contributed by atoms with E-state index in [-0.39, 0.29) is 11.5 Å². The van der Waals surface area contributed by atoms with Crippen molar-refractivity contribution in [3.05, 3.63) is 34.9 Å². The minimum atomic E-state index is 0.103. The predicted molar refractivity (Wildman–Crippen MR) is 72.9 cm³/mol. The van der Waals surface area contributed by atoms with Gasteiger partial charge in [-0.1, -0.05) is 32.0 Å². The van der Waals surface area contributed by atoms with E-state index in [4.69, 9.17) is 11.5 Å². The zero-order chi connectivity index (χ0) is 12.6. The van der Waals surface area contributed by atoms with Crippen molar-refractivity contribution in [2.75, 3.05) is 6.54 Å². The first-order valence-corrected chi connectivity index (χ1v) is 6.56. The maximum atomic E-state index is 6.44. The predicted octanol–water partition coefficient (Wildman–Crippen LogP) is 2.86. The van der Waals surface area contributed by atoms with E-state index in [1.807, 2.05) is 0 Å². The zero-order valence-electron chi connectivity index (χ0n) is 11.2. The number of hydrogen-bond acceptors (Lipinski definition) is 2. The van der Waals surface area contributed by atoms with Crippen molar-refractivity contribution in [1.29, 1.82) is 0 Å². The fourth-order valence-electron chi connectivity index (χ4n) is 2.49. The van der Waals surface area contributed by atoms with Crippen LogP contribution < -0.4 is 11.5 Å². The molecule has 1 atom stereocenters. The highest BCUT2D eigenvalue weighted by Gasteiger charge is 2.47. The van der Waals surface area contributed by atoms with Crippen LogP contribution in [0.25, 0.3) is 0 Å². The molecule has 0 spiro atoms. The van der Waals surface area contributed by atoms with E-state index >= 15 is 0 Å². The molecular weight excluding hydrogens is 208 g/mol. The largest absolute Gasteiger partial charge is 0.330 e. The second kappa shape index (κ2) is 4.43. The molecule has 1 aliphatic carbocycles.